The van der Waals surface area contributed by atoms with Crippen LogP contribution in [0.3, 0.4) is 0 Å². The van der Waals surface area contributed by atoms with E-state index in [1.807, 2.05) is 133 Å². The second-order valence-electron chi connectivity index (χ2n) is 21.2. The number of rotatable bonds is 15. The molecule has 0 bridgehead atoms. The van der Waals surface area contributed by atoms with Crippen molar-refractivity contribution in [3.8, 4) is 23.0 Å². The largest absolute Gasteiger partial charge is 0.497 e. The van der Waals surface area contributed by atoms with Crippen molar-refractivity contribution in [3.63, 3.8) is 0 Å². The van der Waals surface area contributed by atoms with E-state index in [-0.39, 0.29) is 41.0 Å². The van der Waals surface area contributed by atoms with E-state index in [0.717, 1.165) is 33.4 Å². The number of carboxylic acid groups (broad SMARTS) is 1. The van der Waals surface area contributed by atoms with Gasteiger partial charge in [0.2, 0.25) is 0 Å². The van der Waals surface area contributed by atoms with E-state index in [4.69, 9.17) is 50.8 Å². The SMILES string of the molecule is COc1ccc(N)c(C(=O)CC(c2ccccc2)c2ccccc2)c1.COc1ccc(N)c(C(=O)O)c1.COc1ccc2[nH]c(=O)n(C(c3ccccc3)c3ccccc3)c(=O)c2c1.COc1ccc2c(c1)C(=O)OC(=O)C2.NC(c1ccccc1)c1ccccc1.O=C(Cl)Cl.O=C(Cl)Cl. The fraction of sp³-hybridized carbons (Fsp3) is 0.117. The van der Waals surface area contributed by atoms with Crippen LogP contribution in [0.4, 0.5) is 21.0 Å². The lowest BCUT2D eigenvalue weighted by Crippen LogP contribution is -2.39. The minimum atomic E-state index is -1.05. The zero-order valence-electron chi connectivity index (χ0n) is 54.3. The number of Topliss-reactive ketones (excluding diaryl/α,β-unsaturated/α-hetero) is 1. The van der Waals surface area contributed by atoms with E-state index in [2.05, 4.69) is 105 Å². The van der Waals surface area contributed by atoms with Crippen molar-refractivity contribution in [2.75, 3.05) is 39.9 Å². The van der Waals surface area contributed by atoms with Gasteiger partial charge < -0.3 is 51.0 Å². The number of methoxy groups -OCH3 is 4. The summed E-state index contributed by atoms with van der Waals surface area (Å²) in [4.78, 5) is 92.6. The number of cyclic esters (lactones) is 2. The Balaban J connectivity index is 0.000000198. The number of aromatic amines is 1. The van der Waals surface area contributed by atoms with E-state index in [9.17, 15) is 28.8 Å². The molecule has 0 fully saturated rings. The molecule has 19 nitrogen and oxygen atoms in total. The number of carboxylic acids is 1. The maximum atomic E-state index is 13.3. The number of ketones is 1. The van der Waals surface area contributed by atoms with Crippen LogP contribution in [0.25, 0.3) is 10.9 Å². The summed E-state index contributed by atoms with van der Waals surface area (Å²) in [5.41, 5.74) is 25.9. The highest BCUT2D eigenvalue weighted by Gasteiger charge is 2.26. The topological polar surface area (TPSA) is 302 Å². The molecule has 1 aliphatic heterocycles. The number of fused-ring (bicyclic) bond motifs is 2. The predicted octanol–water partition coefficient (Wildman–Crippen LogP) is 15.8. The van der Waals surface area contributed by atoms with Gasteiger partial charge in [-0.2, -0.15) is 0 Å². The maximum Gasteiger partial charge on any atom is 0.346 e. The molecule has 1 aliphatic rings. The molecule has 514 valence electrons. The van der Waals surface area contributed by atoms with Crippen LogP contribution >= 0.6 is 46.4 Å². The highest BCUT2D eigenvalue weighted by Crippen LogP contribution is 2.32. The van der Waals surface area contributed by atoms with Crippen LogP contribution in [-0.4, -0.2) is 76.2 Å². The molecular weight excluding hydrogens is 1360 g/mol. The molecule has 0 spiro atoms. The van der Waals surface area contributed by atoms with Crippen LogP contribution in [0.2, 0.25) is 0 Å². The Bertz CT molecular complexity index is 4500. The second-order valence-corrected chi connectivity index (χ2v) is 22.9. The van der Waals surface area contributed by atoms with Gasteiger partial charge in [-0.05, 0) is 152 Å². The van der Waals surface area contributed by atoms with Crippen molar-refractivity contribution in [3.05, 3.63) is 331 Å². The zero-order chi connectivity index (χ0) is 72.7. The van der Waals surface area contributed by atoms with E-state index < -0.39 is 39.0 Å². The van der Waals surface area contributed by atoms with Gasteiger partial charge in [0, 0.05) is 29.3 Å². The van der Waals surface area contributed by atoms with Crippen molar-refractivity contribution in [2.24, 2.45) is 5.73 Å². The molecule has 0 radical (unpaired) electrons. The number of esters is 2. The molecule has 23 heteroatoms. The molecule has 11 aromatic rings. The summed E-state index contributed by atoms with van der Waals surface area (Å²) in [6.45, 7) is 0. The quantitative estimate of drug-likeness (QED) is 0.0209. The summed E-state index contributed by atoms with van der Waals surface area (Å²) in [5.74, 6) is 0.100. The van der Waals surface area contributed by atoms with E-state index in [1.54, 1.807) is 74.9 Å². The number of anilines is 2. The van der Waals surface area contributed by atoms with Crippen molar-refractivity contribution in [1.29, 1.82) is 0 Å². The van der Waals surface area contributed by atoms with Gasteiger partial charge in [0.1, 0.15) is 23.0 Å². The third-order valence-electron chi connectivity index (χ3n) is 14.9. The number of nitrogens with one attached hydrogen (secondary N) is 1. The van der Waals surface area contributed by atoms with Gasteiger partial charge >= 0.3 is 33.0 Å². The average Bonchev–Trinajstić information content (AvgIpc) is 0.764. The van der Waals surface area contributed by atoms with Gasteiger partial charge in [-0.3, -0.25) is 24.0 Å². The fourth-order valence-electron chi connectivity index (χ4n) is 10.1. The van der Waals surface area contributed by atoms with Gasteiger partial charge in [-0.25, -0.2) is 19.0 Å². The molecule has 0 unspecified atom stereocenters. The molecular formula is C77H69Cl4N5O14. The fourth-order valence-corrected chi connectivity index (χ4v) is 10.1. The number of halogens is 4. The zero-order valence-corrected chi connectivity index (χ0v) is 57.4. The van der Waals surface area contributed by atoms with Crippen molar-refractivity contribution < 1.29 is 57.6 Å². The number of H-pyrrole nitrogens is 1. The molecule has 2 heterocycles. The third kappa shape index (κ3) is 23.5. The summed E-state index contributed by atoms with van der Waals surface area (Å²) < 4.78 is 24.2. The Kier molecular flexibility index (Phi) is 30.9. The van der Waals surface area contributed by atoms with Crippen LogP contribution in [0.15, 0.2) is 264 Å². The van der Waals surface area contributed by atoms with Crippen LogP contribution in [0.1, 0.15) is 94.4 Å². The molecule has 1 aromatic heterocycles. The number of carbonyl (C=O) groups excluding carboxylic acids is 5. The molecule has 0 aliphatic carbocycles. The van der Waals surface area contributed by atoms with Crippen molar-refractivity contribution in [2.45, 2.75) is 30.8 Å². The van der Waals surface area contributed by atoms with Gasteiger partial charge in [0.05, 0.1) is 69.0 Å². The Morgan fingerprint density at radius 1 is 0.490 bits per heavy atom. The highest BCUT2D eigenvalue weighted by molar-refractivity contribution is 6.94. The van der Waals surface area contributed by atoms with Crippen molar-refractivity contribution >= 4 is 102 Å². The monoisotopic (exact) mass is 1430 g/mol. The Morgan fingerprint density at radius 3 is 1.27 bits per heavy atom. The Morgan fingerprint density at radius 2 is 0.850 bits per heavy atom. The molecule has 0 amide bonds. The second kappa shape index (κ2) is 39.8. The first-order valence-corrected chi connectivity index (χ1v) is 31.7. The Hall–Kier alpha value is -11.3. The molecule has 0 saturated heterocycles. The number of nitrogens with zero attached hydrogens (tertiary/aromatic N) is 1. The first kappa shape index (κ1) is 77.7. The lowest BCUT2D eigenvalue weighted by Gasteiger charge is -2.20. The molecule has 8 N–H and O–H groups in total. The molecule has 100 heavy (non-hydrogen) atoms. The van der Waals surface area contributed by atoms with E-state index in [0.29, 0.717) is 62.7 Å². The molecule has 0 saturated carbocycles. The van der Waals surface area contributed by atoms with Gasteiger partial charge in [0.25, 0.3) is 5.56 Å². The van der Waals surface area contributed by atoms with E-state index in [1.165, 1.54) is 30.9 Å². The highest BCUT2D eigenvalue weighted by atomic mass is 35.5. The summed E-state index contributed by atoms with van der Waals surface area (Å²) in [5, 5.41) is 9.06. The minimum absolute atomic E-state index is 0.00843. The molecule has 10 aromatic carbocycles. The number of aromatic carboxylic acids is 1. The standard InChI is InChI=1S/C22H18N2O3.C22H21NO2.C13H13N.C10H8O4.C8H9NO3.2CCl2O/c1-27-17-12-13-19-18(14-17)21(25)24(22(26)23-19)20(15-8-4-2-5-9-15)16-10-6-3-7-11-16;1-25-18-12-13-21(23)20(14-18)22(24)15-19(16-8-4-2-5-9-16)17-10-6-3-7-11-17;14-13(11-7-3-1-4-8-11)12-9-5-2-6-10-12;1-13-7-3-2-6-4-9(11)14-10(12)8(6)5-7;1-12-5-2-3-7(9)6(4-5)8(10)11;2*2-1(3)4/h2-14,20H,1H3,(H,23,26);2-14,19H,15,23H2,1H3;1-10,13H,14H2;2-3,5H,4H2,1H3;2-4H,9H2,1H3,(H,10,11);;. The van der Waals surface area contributed by atoms with Gasteiger partial charge in [-0.1, -0.05) is 188 Å². The number of hydrogen-bond donors (Lipinski definition) is 5. The number of benzene rings is 10. The van der Waals surface area contributed by atoms with E-state index >= 15 is 0 Å². The number of nitrogens with two attached hydrogens (primary N) is 3. The van der Waals surface area contributed by atoms with Crippen LogP contribution < -0.4 is 47.4 Å². The van der Waals surface area contributed by atoms with Gasteiger partial charge in [-0.15, -0.1) is 0 Å². The number of nitrogen functional groups attached to an aromatic ring is 2. The summed E-state index contributed by atoms with van der Waals surface area (Å²) in [7, 11) is 6.11. The number of carbonyl (C=O) groups is 6. The molecule has 0 atom stereocenters. The first-order valence-electron chi connectivity index (χ1n) is 30.2. The predicted molar refractivity (Wildman–Crippen MR) is 391 cm³/mol. The smallest absolute Gasteiger partial charge is 0.346 e. The lowest BCUT2D eigenvalue weighted by molar-refractivity contribution is -0.137. The molecule has 12 rings (SSSR count). The number of hydrogen-bond acceptors (Lipinski definition) is 16. The third-order valence-corrected chi connectivity index (χ3v) is 14.9. The Labute approximate surface area is 596 Å². The average molecular weight is 1430 g/mol. The minimum Gasteiger partial charge on any atom is -0.497 e. The summed E-state index contributed by atoms with van der Waals surface area (Å²) in [6.07, 6.45) is 0.496. The number of ether oxygens (including phenoxy) is 5. The van der Waals surface area contributed by atoms with Gasteiger partial charge in [0.15, 0.2) is 5.78 Å². The number of aromatic nitrogens is 2. The van der Waals surface area contributed by atoms with Crippen LogP contribution in [0.5, 0.6) is 23.0 Å². The normalized spacial score (nSPS) is 10.8. The maximum absolute atomic E-state index is 13.3. The summed E-state index contributed by atoms with van der Waals surface area (Å²) >= 11 is 17.6. The van der Waals surface area contributed by atoms with Crippen LogP contribution in [0, 0.1) is 0 Å². The van der Waals surface area contributed by atoms with Crippen molar-refractivity contribution in [1.82, 2.24) is 9.55 Å². The first-order chi connectivity index (χ1) is 48.1. The summed E-state index contributed by atoms with van der Waals surface area (Å²) in [6, 6.07) is 78.7. The van der Waals surface area contributed by atoms with Crippen LogP contribution in [-0.2, 0) is 16.0 Å². The lowest BCUT2D eigenvalue weighted by atomic mass is 9.85.